The quantitative estimate of drug-likeness (QED) is 0.861. The minimum atomic E-state index is 0.0778. The number of anilines is 3. The van der Waals surface area contributed by atoms with Crippen LogP contribution in [0.5, 0.6) is 0 Å². The van der Waals surface area contributed by atoms with Crippen molar-refractivity contribution in [3.8, 4) is 0 Å². The van der Waals surface area contributed by atoms with Gasteiger partial charge >= 0.3 is 0 Å². The van der Waals surface area contributed by atoms with Crippen LogP contribution in [0.1, 0.15) is 22.8 Å². The molecular weight excluding hydrogens is 248 g/mol. The van der Waals surface area contributed by atoms with Gasteiger partial charge in [-0.05, 0) is 49.2 Å². The highest BCUT2D eigenvalue weighted by atomic mass is 16.1. The predicted molar refractivity (Wildman–Crippen MR) is 83.1 cm³/mol. The van der Waals surface area contributed by atoms with Gasteiger partial charge in [0.1, 0.15) is 0 Å². The van der Waals surface area contributed by atoms with Crippen LogP contribution in [0.3, 0.4) is 0 Å². The Balaban J connectivity index is 1.91. The lowest BCUT2D eigenvalue weighted by Crippen LogP contribution is -2.12. The van der Waals surface area contributed by atoms with Gasteiger partial charge in [-0.3, -0.25) is 4.79 Å². The van der Waals surface area contributed by atoms with Crippen molar-refractivity contribution >= 4 is 22.8 Å². The summed E-state index contributed by atoms with van der Waals surface area (Å²) < 4.78 is 0. The third-order valence-electron chi connectivity index (χ3n) is 3.79. The first kappa shape index (κ1) is 12.7. The minimum absolute atomic E-state index is 0.0778. The molecule has 2 aromatic rings. The average Bonchev–Trinajstić information content (AvgIpc) is 2.80. The summed E-state index contributed by atoms with van der Waals surface area (Å²) in [5.74, 6) is 0.0778. The number of rotatable bonds is 3. The third-order valence-corrected chi connectivity index (χ3v) is 3.79. The van der Waals surface area contributed by atoms with Gasteiger partial charge in [0.2, 0.25) is 0 Å². The minimum Gasteiger partial charge on any atom is -0.374 e. The summed E-state index contributed by atoms with van der Waals surface area (Å²) in [5.41, 5.74) is 5.29. The summed E-state index contributed by atoms with van der Waals surface area (Å²) in [4.78, 5) is 13.9. The van der Waals surface area contributed by atoms with E-state index in [0.717, 1.165) is 29.9 Å². The zero-order chi connectivity index (χ0) is 14.1. The van der Waals surface area contributed by atoms with Crippen molar-refractivity contribution in [2.45, 2.75) is 13.3 Å². The molecule has 3 nitrogen and oxygen atoms in total. The van der Waals surface area contributed by atoms with Gasteiger partial charge in [-0.2, -0.15) is 0 Å². The maximum atomic E-state index is 11.6. The van der Waals surface area contributed by atoms with E-state index in [9.17, 15) is 4.79 Å². The molecule has 0 atom stereocenters. The number of ketones is 1. The summed E-state index contributed by atoms with van der Waals surface area (Å²) in [6.07, 6.45) is 1.08. The van der Waals surface area contributed by atoms with E-state index in [2.05, 4.69) is 35.5 Å². The van der Waals surface area contributed by atoms with Gasteiger partial charge in [0.25, 0.3) is 0 Å². The number of hydrogen-bond donors (Lipinski definition) is 1. The molecule has 3 heteroatoms. The number of likely N-dealkylation sites (N-methyl/N-ethyl adjacent to an activating group) is 1. The first-order chi connectivity index (χ1) is 9.65. The lowest BCUT2D eigenvalue weighted by molar-refractivity contribution is 0.101. The Morgan fingerprint density at radius 1 is 1.20 bits per heavy atom. The van der Waals surface area contributed by atoms with Gasteiger partial charge < -0.3 is 10.2 Å². The number of para-hydroxylation sites is 1. The summed E-state index contributed by atoms with van der Waals surface area (Å²) >= 11 is 0. The van der Waals surface area contributed by atoms with Crippen LogP contribution in [0.2, 0.25) is 0 Å². The van der Waals surface area contributed by atoms with E-state index in [0.29, 0.717) is 0 Å². The van der Waals surface area contributed by atoms with Crippen molar-refractivity contribution < 1.29 is 4.79 Å². The van der Waals surface area contributed by atoms with Crippen LogP contribution in [0.4, 0.5) is 17.1 Å². The number of nitrogens with one attached hydrogen (secondary N) is 1. The van der Waals surface area contributed by atoms with Gasteiger partial charge in [0, 0.05) is 36.2 Å². The zero-order valence-electron chi connectivity index (χ0n) is 11.8. The van der Waals surface area contributed by atoms with E-state index in [1.165, 1.54) is 11.3 Å². The second-order valence-corrected chi connectivity index (χ2v) is 5.24. The van der Waals surface area contributed by atoms with Crippen molar-refractivity contribution in [1.29, 1.82) is 0 Å². The van der Waals surface area contributed by atoms with Gasteiger partial charge in [-0.1, -0.05) is 12.1 Å². The van der Waals surface area contributed by atoms with Crippen LogP contribution in [0.15, 0.2) is 42.5 Å². The van der Waals surface area contributed by atoms with Crippen molar-refractivity contribution in [3.05, 3.63) is 53.6 Å². The first-order valence-corrected chi connectivity index (χ1v) is 6.86. The number of benzene rings is 2. The Labute approximate surface area is 119 Å². The Bertz CT molecular complexity index is 664. The largest absolute Gasteiger partial charge is 0.374 e. The van der Waals surface area contributed by atoms with Crippen molar-refractivity contribution in [2.24, 2.45) is 0 Å². The number of carbonyl (C=O) groups excluding carboxylic acids is 1. The van der Waals surface area contributed by atoms with Gasteiger partial charge in [0.15, 0.2) is 5.78 Å². The van der Waals surface area contributed by atoms with Gasteiger partial charge in [0.05, 0.1) is 0 Å². The maximum Gasteiger partial charge on any atom is 0.161 e. The molecule has 20 heavy (non-hydrogen) atoms. The fourth-order valence-corrected chi connectivity index (χ4v) is 2.70. The van der Waals surface area contributed by atoms with E-state index in [4.69, 9.17) is 0 Å². The number of Topliss-reactive ketones (excluding diaryl/α,β-unsaturated/α-hetero) is 1. The Morgan fingerprint density at radius 2 is 2.00 bits per heavy atom. The summed E-state index contributed by atoms with van der Waals surface area (Å²) in [6.45, 7) is 2.67. The molecule has 1 N–H and O–H groups in total. The molecule has 0 aromatic heterocycles. The highest BCUT2D eigenvalue weighted by Gasteiger charge is 2.16. The molecular formula is C17H18N2O. The second kappa shape index (κ2) is 5.00. The standard InChI is InChI=1S/C17H18N2O/c1-12(20)15-5-3-4-6-16(15)18-14-7-8-17-13(11-14)9-10-19(17)2/h3-8,11,18H,9-10H2,1-2H3. The van der Waals surface area contributed by atoms with Gasteiger partial charge in [-0.25, -0.2) is 0 Å². The monoisotopic (exact) mass is 266 g/mol. The van der Waals surface area contributed by atoms with Gasteiger partial charge in [-0.15, -0.1) is 0 Å². The van der Waals surface area contributed by atoms with Crippen molar-refractivity contribution in [2.75, 3.05) is 23.8 Å². The summed E-state index contributed by atoms with van der Waals surface area (Å²) in [6, 6.07) is 14.0. The predicted octanol–water partition coefficient (Wildman–Crippen LogP) is 3.63. The average molecular weight is 266 g/mol. The maximum absolute atomic E-state index is 11.6. The SMILES string of the molecule is CC(=O)c1ccccc1Nc1ccc2c(c1)CCN2C. The number of fused-ring (bicyclic) bond motifs is 1. The van der Waals surface area contributed by atoms with Crippen LogP contribution < -0.4 is 10.2 Å². The second-order valence-electron chi connectivity index (χ2n) is 5.24. The molecule has 3 rings (SSSR count). The lowest BCUT2D eigenvalue weighted by Gasteiger charge is -2.14. The lowest BCUT2D eigenvalue weighted by atomic mass is 10.1. The molecule has 0 saturated heterocycles. The molecule has 102 valence electrons. The van der Waals surface area contributed by atoms with Crippen LogP contribution in [-0.2, 0) is 6.42 Å². The fraction of sp³-hybridized carbons (Fsp3) is 0.235. The Kier molecular flexibility index (Phi) is 3.18. The molecule has 0 amide bonds. The fourth-order valence-electron chi connectivity index (χ4n) is 2.70. The van der Waals surface area contributed by atoms with E-state index >= 15 is 0 Å². The van der Waals surface area contributed by atoms with Crippen LogP contribution >= 0.6 is 0 Å². The van der Waals surface area contributed by atoms with Crippen molar-refractivity contribution in [1.82, 2.24) is 0 Å². The van der Waals surface area contributed by atoms with Crippen LogP contribution in [0, 0.1) is 0 Å². The number of nitrogens with zero attached hydrogens (tertiary/aromatic N) is 1. The van der Waals surface area contributed by atoms with E-state index < -0.39 is 0 Å². The highest BCUT2D eigenvalue weighted by molar-refractivity contribution is 6.00. The van der Waals surface area contributed by atoms with E-state index in [1.54, 1.807) is 6.92 Å². The molecule has 0 spiro atoms. The molecule has 1 aliphatic rings. The summed E-state index contributed by atoms with van der Waals surface area (Å²) in [7, 11) is 2.12. The molecule has 2 aromatic carbocycles. The Morgan fingerprint density at radius 3 is 2.80 bits per heavy atom. The first-order valence-electron chi connectivity index (χ1n) is 6.86. The van der Waals surface area contributed by atoms with Crippen LogP contribution in [-0.4, -0.2) is 19.4 Å². The topological polar surface area (TPSA) is 32.3 Å². The zero-order valence-corrected chi connectivity index (χ0v) is 11.8. The summed E-state index contributed by atoms with van der Waals surface area (Å²) in [5, 5.41) is 3.36. The van der Waals surface area contributed by atoms with E-state index in [1.807, 2.05) is 24.3 Å². The molecule has 0 bridgehead atoms. The molecule has 0 fully saturated rings. The smallest absolute Gasteiger partial charge is 0.161 e. The molecule has 1 aliphatic heterocycles. The number of hydrogen-bond acceptors (Lipinski definition) is 3. The molecule has 0 saturated carbocycles. The third kappa shape index (κ3) is 2.27. The number of carbonyl (C=O) groups is 1. The highest BCUT2D eigenvalue weighted by Crippen LogP contribution is 2.31. The van der Waals surface area contributed by atoms with Crippen LogP contribution in [0.25, 0.3) is 0 Å². The molecule has 0 unspecified atom stereocenters. The molecule has 0 aliphatic carbocycles. The normalized spacial score (nSPS) is 13.2. The molecule has 1 heterocycles. The van der Waals surface area contributed by atoms with E-state index in [-0.39, 0.29) is 5.78 Å². The molecule has 0 radical (unpaired) electrons. The Hall–Kier alpha value is -2.29. The van der Waals surface area contributed by atoms with Crippen molar-refractivity contribution in [3.63, 3.8) is 0 Å².